The van der Waals surface area contributed by atoms with E-state index in [9.17, 15) is 0 Å². The maximum atomic E-state index is 5.06. The Morgan fingerprint density at radius 2 is 2.35 bits per heavy atom. The van der Waals surface area contributed by atoms with Gasteiger partial charge in [-0.3, -0.25) is 9.58 Å². The van der Waals surface area contributed by atoms with Crippen LogP contribution in [0, 0.1) is 6.92 Å². The van der Waals surface area contributed by atoms with Crippen molar-refractivity contribution >= 4 is 0 Å². The molecule has 3 heterocycles. The Kier molecular flexibility index (Phi) is 3.64. The molecule has 0 amide bonds. The Morgan fingerprint density at radius 3 is 3.10 bits per heavy atom. The summed E-state index contributed by atoms with van der Waals surface area (Å²) in [5.41, 5.74) is 2.21. The van der Waals surface area contributed by atoms with Crippen molar-refractivity contribution in [2.45, 2.75) is 25.9 Å². The molecule has 1 saturated heterocycles. The summed E-state index contributed by atoms with van der Waals surface area (Å²) >= 11 is 0. The minimum Gasteiger partial charge on any atom is -0.467 e. The highest BCUT2D eigenvalue weighted by atomic mass is 16.5. The van der Waals surface area contributed by atoms with Crippen LogP contribution in [0.25, 0.3) is 0 Å². The molecular formula is C14H19N5O. The maximum Gasteiger partial charge on any atom is 0.316 e. The Labute approximate surface area is 118 Å². The highest BCUT2D eigenvalue weighted by Gasteiger charge is 2.24. The van der Waals surface area contributed by atoms with Gasteiger partial charge >= 0.3 is 6.01 Å². The van der Waals surface area contributed by atoms with E-state index in [1.807, 2.05) is 12.3 Å². The molecule has 1 atom stereocenters. The lowest BCUT2D eigenvalue weighted by molar-refractivity contribution is 0.304. The third kappa shape index (κ3) is 2.80. The monoisotopic (exact) mass is 273 g/mol. The van der Waals surface area contributed by atoms with Crippen molar-refractivity contribution in [2.24, 2.45) is 0 Å². The highest BCUT2D eigenvalue weighted by molar-refractivity contribution is 5.06. The number of ether oxygens (including phenoxy) is 1. The second-order valence-corrected chi connectivity index (χ2v) is 5.21. The van der Waals surface area contributed by atoms with Gasteiger partial charge in [0.15, 0.2) is 0 Å². The van der Waals surface area contributed by atoms with Crippen molar-refractivity contribution in [3.05, 3.63) is 35.9 Å². The average Bonchev–Trinajstić information content (AvgIpc) is 3.08. The van der Waals surface area contributed by atoms with E-state index in [-0.39, 0.29) is 0 Å². The molecule has 0 aromatic carbocycles. The van der Waals surface area contributed by atoms with Gasteiger partial charge in [-0.2, -0.15) is 10.1 Å². The number of hydrogen-bond donors (Lipinski definition) is 0. The van der Waals surface area contributed by atoms with Gasteiger partial charge in [0.1, 0.15) is 0 Å². The lowest BCUT2D eigenvalue weighted by Gasteiger charge is -2.15. The first-order valence-corrected chi connectivity index (χ1v) is 6.83. The summed E-state index contributed by atoms with van der Waals surface area (Å²) in [6.07, 6.45) is 6.90. The van der Waals surface area contributed by atoms with E-state index in [2.05, 4.69) is 37.8 Å². The molecule has 6 nitrogen and oxygen atoms in total. The smallest absolute Gasteiger partial charge is 0.316 e. The van der Waals surface area contributed by atoms with Gasteiger partial charge in [0, 0.05) is 32.0 Å². The molecule has 0 N–H and O–H groups in total. The van der Waals surface area contributed by atoms with Gasteiger partial charge in [-0.1, -0.05) is 0 Å². The largest absolute Gasteiger partial charge is 0.467 e. The summed E-state index contributed by atoms with van der Waals surface area (Å²) in [5, 5.41) is 4.41. The topological polar surface area (TPSA) is 56.1 Å². The van der Waals surface area contributed by atoms with Crippen molar-refractivity contribution in [1.29, 1.82) is 0 Å². The molecule has 1 unspecified atom stereocenters. The molecule has 0 spiro atoms. The standard InChI is InChI=1S/C14H19N5O/c1-11-7-16-19(8-11)13-4-6-18(10-13)9-12-3-5-15-14(17-12)20-2/h3,5,7-8,13H,4,6,9-10H2,1-2H3. The number of aromatic nitrogens is 4. The minimum absolute atomic E-state index is 0.431. The Balaban J connectivity index is 1.62. The molecular weight excluding hydrogens is 254 g/mol. The molecule has 1 aliphatic rings. The van der Waals surface area contributed by atoms with Crippen molar-refractivity contribution in [1.82, 2.24) is 24.6 Å². The minimum atomic E-state index is 0.431. The quantitative estimate of drug-likeness (QED) is 0.843. The van der Waals surface area contributed by atoms with Gasteiger partial charge in [0.05, 0.1) is 25.0 Å². The second-order valence-electron chi connectivity index (χ2n) is 5.21. The van der Waals surface area contributed by atoms with Crippen LogP contribution < -0.4 is 4.74 Å². The van der Waals surface area contributed by atoms with E-state index >= 15 is 0 Å². The number of hydrogen-bond acceptors (Lipinski definition) is 5. The number of nitrogens with zero attached hydrogens (tertiary/aromatic N) is 5. The van der Waals surface area contributed by atoms with Crippen molar-refractivity contribution < 1.29 is 4.74 Å². The third-order valence-electron chi connectivity index (χ3n) is 3.61. The van der Waals surface area contributed by atoms with Crippen LogP contribution >= 0.6 is 0 Å². The average molecular weight is 273 g/mol. The van der Waals surface area contributed by atoms with E-state index < -0.39 is 0 Å². The van der Waals surface area contributed by atoms with Gasteiger partial charge < -0.3 is 4.74 Å². The molecule has 0 bridgehead atoms. The maximum absolute atomic E-state index is 5.06. The first kappa shape index (κ1) is 13.1. The molecule has 2 aromatic heterocycles. The molecule has 0 saturated carbocycles. The first-order chi connectivity index (χ1) is 9.74. The fraction of sp³-hybridized carbons (Fsp3) is 0.500. The van der Waals surface area contributed by atoms with E-state index in [0.29, 0.717) is 12.1 Å². The summed E-state index contributed by atoms with van der Waals surface area (Å²) in [6, 6.07) is 2.84. The van der Waals surface area contributed by atoms with E-state index in [1.165, 1.54) is 5.56 Å². The number of likely N-dealkylation sites (tertiary alicyclic amines) is 1. The molecule has 0 aliphatic carbocycles. The SMILES string of the molecule is COc1nccc(CN2CCC(n3cc(C)cn3)C2)n1. The second kappa shape index (κ2) is 5.58. The predicted octanol–water partition coefficient (Wildman–Crippen LogP) is 1.44. The molecule has 6 heteroatoms. The number of methoxy groups -OCH3 is 1. The number of rotatable bonds is 4. The molecule has 0 radical (unpaired) electrons. The normalized spacial score (nSPS) is 19.4. The zero-order valence-corrected chi connectivity index (χ0v) is 11.9. The van der Waals surface area contributed by atoms with Crippen LogP contribution in [0.2, 0.25) is 0 Å². The Hall–Kier alpha value is -1.95. The van der Waals surface area contributed by atoms with Gasteiger partial charge in [0.2, 0.25) is 0 Å². The molecule has 1 aliphatic heterocycles. The Bertz CT molecular complexity index is 582. The summed E-state index contributed by atoms with van der Waals surface area (Å²) in [5.74, 6) is 0. The molecule has 3 rings (SSSR count). The molecule has 2 aromatic rings. The van der Waals surface area contributed by atoms with E-state index in [1.54, 1.807) is 13.3 Å². The summed E-state index contributed by atoms with van der Waals surface area (Å²) < 4.78 is 7.14. The van der Waals surface area contributed by atoms with Crippen LogP contribution in [0.1, 0.15) is 23.7 Å². The lowest BCUT2D eigenvalue weighted by Crippen LogP contribution is -2.22. The summed E-state index contributed by atoms with van der Waals surface area (Å²) in [6.45, 7) is 4.97. The van der Waals surface area contributed by atoms with Crippen molar-refractivity contribution in [3.63, 3.8) is 0 Å². The fourth-order valence-corrected chi connectivity index (χ4v) is 2.60. The molecule has 106 valence electrons. The van der Waals surface area contributed by atoms with Crippen molar-refractivity contribution in [2.75, 3.05) is 20.2 Å². The van der Waals surface area contributed by atoms with Crippen LogP contribution in [0.15, 0.2) is 24.7 Å². The van der Waals surface area contributed by atoms with Crippen molar-refractivity contribution in [3.8, 4) is 6.01 Å². The Morgan fingerprint density at radius 1 is 1.45 bits per heavy atom. The molecule has 20 heavy (non-hydrogen) atoms. The van der Waals surface area contributed by atoms with E-state index in [0.717, 1.165) is 31.7 Å². The first-order valence-electron chi connectivity index (χ1n) is 6.83. The molecule has 1 fully saturated rings. The van der Waals surface area contributed by atoms with Gasteiger partial charge in [-0.25, -0.2) is 4.98 Å². The highest BCUT2D eigenvalue weighted by Crippen LogP contribution is 2.22. The predicted molar refractivity (Wildman–Crippen MR) is 74.5 cm³/mol. The fourth-order valence-electron chi connectivity index (χ4n) is 2.60. The number of aryl methyl sites for hydroxylation is 1. The van der Waals surface area contributed by atoms with Crippen LogP contribution in [-0.4, -0.2) is 44.8 Å². The zero-order valence-electron chi connectivity index (χ0n) is 11.9. The summed E-state index contributed by atoms with van der Waals surface area (Å²) in [4.78, 5) is 10.8. The van der Waals surface area contributed by atoms with E-state index in [4.69, 9.17) is 4.74 Å². The van der Waals surface area contributed by atoms with Gasteiger partial charge in [-0.05, 0) is 25.0 Å². The van der Waals surface area contributed by atoms with Crippen LogP contribution in [0.5, 0.6) is 6.01 Å². The zero-order chi connectivity index (χ0) is 13.9. The van der Waals surface area contributed by atoms with Crippen LogP contribution in [0.3, 0.4) is 0 Å². The van der Waals surface area contributed by atoms with Gasteiger partial charge in [-0.15, -0.1) is 0 Å². The lowest BCUT2D eigenvalue weighted by atomic mass is 10.3. The summed E-state index contributed by atoms with van der Waals surface area (Å²) in [7, 11) is 1.59. The van der Waals surface area contributed by atoms with Crippen LogP contribution in [-0.2, 0) is 6.54 Å². The van der Waals surface area contributed by atoms with Crippen LogP contribution in [0.4, 0.5) is 0 Å². The third-order valence-corrected chi connectivity index (χ3v) is 3.61. The van der Waals surface area contributed by atoms with Gasteiger partial charge in [0.25, 0.3) is 0 Å².